The highest BCUT2D eigenvalue weighted by molar-refractivity contribution is 5.70. The van der Waals surface area contributed by atoms with Gasteiger partial charge >= 0.3 is 5.97 Å². The standard InChI is InChI=1S/C11H17N3O2/c1-8(2)6-9(10(15)16)7-14-11-12-4-3-5-13-11/h3-5,8-9H,6-7H2,1-2H3,(H,15,16)(H,12,13,14). The van der Waals surface area contributed by atoms with Gasteiger partial charge in [0.2, 0.25) is 5.95 Å². The maximum Gasteiger partial charge on any atom is 0.308 e. The number of rotatable bonds is 6. The third-order valence-electron chi connectivity index (χ3n) is 2.18. The van der Waals surface area contributed by atoms with Crippen LogP contribution in [0.5, 0.6) is 0 Å². The lowest BCUT2D eigenvalue weighted by Gasteiger charge is -2.15. The molecule has 1 aromatic heterocycles. The molecule has 0 aliphatic carbocycles. The quantitative estimate of drug-likeness (QED) is 0.766. The first-order valence-corrected chi connectivity index (χ1v) is 5.33. The zero-order chi connectivity index (χ0) is 12.0. The van der Waals surface area contributed by atoms with E-state index in [1.807, 2.05) is 13.8 Å². The number of carboxylic acid groups (broad SMARTS) is 1. The monoisotopic (exact) mass is 223 g/mol. The summed E-state index contributed by atoms with van der Waals surface area (Å²) in [6.07, 6.45) is 3.89. The van der Waals surface area contributed by atoms with E-state index in [4.69, 9.17) is 5.11 Å². The molecule has 1 unspecified atom stereocenters. The molecule has 0 spiro atoms. The Bertz CT molecular complexity index is 327. The summed E-state index contributed by atoms with van der Waals surface area (Å²) >= 11 is 0. The summed E-state index contributed by atoms with van der Waals surface area (Å²) in [4.78, 5) is 18.9. The molecule has 1 aromatic rings. The number of carbonyl (C=O) groups is 1. The molecule has 16 heavy (non-hydrogen) atoms. The van der Waals surface area contributed by atoms with Crippen LogP contribution in [0.4, 0.5) is 5.95 Å². The first-order chi connectivity index (χ1) is 7.59. The minimum atomic E-state index is -0.780. The Labute approximate surface area is 94.9 Å². The molecule has 0 saturated carbocycles. The number of hydrogen-bond acceptors (Lipinski definition) is 4. The van der Waals surface area contributed by atoms with Gasteiger partial charge in [0.1, 0.15) is 0 Å². The van der Waals surface area contributed by atoms with E-state index in [9.17, 15) is 4.79 Å². The second-order valence-electron chi connectivity index (χ2n) is 4.12. The molecule has 2 N–H and O–H groups in total. The molecule has 1 rings (SSSR count). The molecular weight excluding hydrogens is 206 g/mol. The van der Waals surface area contributed by atoms with Gasteiger partial charge in [-0.2, -0.15) is 0 Å². The van der Waals surface area contributed by atoms with E-state index < -0.39 is 11.9 Å². The molecule has 0 amide bonds. The minimum absolute atomic E-state index is 0.359. The van der Waals surface area contributed by atoms with E-state index >= 15 is 0 Å². The Morgan fingerprint density at radius 1 is 1.44 bits per heavy atom. The van der Waals surface area contributed by atoms with Crippen molar-refractivity contribution in [2.24, 2.45) is 11.8 Å². The topological polar surface area (TPSA) is 75.1 Å². The number of carboxylic acids is 1. The summed E-state index contributed by atoms with van der Waals surface area (Å²) < 4.78 is 0. The summed E-state index contributed by atoms with van der Waals surface area (Å²) in [5, 5.41) is 11.9. The number of nitrogens with one attached hydrogen (secondary N) is 1. The van der Waals surface area contributed by atoms with Gasteiger partial charge in [0.25, 0.3) is 0 Å². The maximum atomic E-state index is 11.0. The van der Waals surface area contributed by atoms with Gasteiger partial charge in [-0.25, -0.2) is 9.97 Å². The van der Waals surface area contributed by atoms with Gasteiger partial charge in [0.05, 0.1) is 5.92 Å². The zero-order valence-corrected chi connectivity index (χ0v) is 9.55. The van der Waals surface area contributed by atoms with Crippen LogP contribution in [0, 0.1) is 11.8 Å². The fourth-order valence-corrected chi connectivity index (χ4v) is 1.45. The van der Waals surface area contributed by atoms with E-state index in [0.717, 1.165) is 0 Å². The third-order valence-corrected chi connectivity index (χ3v) is 2.18. The highest BCUT2D eigenvalue weighted by Crippen LogP contribution is 2.12. The van der Waals surface area contributed by atoms with E-state index in [0.29, 0.717) is 24.8 Å². The predicted molar refractivity (Wildman–Crippen MR) is 61.1 cm³/mol. The molecule has 0 radical (unpaired) electrons. The van der Waals surface area contributed by atoms with Gasteiger partial charge in [-0.3, -0.25) is 4.79 Å². The molecular formula is C11H17N3O2. The smallest absolute Gasteiger partial charge is 0.308 e. The van der Waals surface area contributed by atoms with E-state index in [1.165, 1.54) is 0 Å². The highest BCUT2D eigenvalue weighted by Gasteiger charge is 2.18. The van der Waals surface area contributed by atoms with Gasteiger partial charge in [0, 0.05) is 18.9 Å². The third kappa shape index (κ3) is 4.25. The van der Waals surface area contributed by atoms with Crippen molar-refractivity contribution < 1.29 is 9.90 Å². The summed E-state index contributed by atoms with van der Waals surface area (Å²) in [5.41, 5.74) is 0. The summed E-state index contributed by atoms with van der Waals surface area (Å²) in [6.45, 7) is 4.38. The van der Waals surface area contributed by atoms with Crippen molar-refractivity contribution in [2.45, 2.75) is 20.3 Å². The van der Waals surface area contributed by atoms with E-state index in [1.54, 1.807) is 18.5 Å². The molecule has 0 fully saturated rings. The predicted octanol–water partition coefficient (Wildman–Crippen LogP) is 1.64. The van der Waals surface area contributed by atoms with Crippen molar-refractivity contribution in [3.63, 3.8) is 0 Å². The van der Waals surface area contributed by atoms with Gasteiger partial charge in [-0.05, 0) is 18.4 Å². The average molecular weight is 223 g/mol. The van der Waals surface area contributed by atoms with Crippen LogP contribution in [0.25, 0.3) is 0 Å². The molecule has 0 aromatic carbocycles. The largest absolute Gasteiger partial charge is 0.481 e. The van der Waals surface area contributed by atoms with Crippen molar-refractivity contribution in [3.8, 4) is 0 Å². The second-order valence-corrected chi connectivity index (χ2v) is 4.12. The van der Waals surface area contributed by atoms with Gasteiger partial charge in [-0.15, -0.1) is 0 Å². The normalized spacial score (nSPS) is 12.4. The summed E-state index contributed by atoms with van der Waals surface area (Å²) in [6, 6.07) is 1.72. The molecule has 5 heteroatoms. The van der Waals surface area contributed by atoms with Crippen LogP contribution in [0.15, 0.2) is 18.5 Å². The maximum absolute atomic E-state index is 11.0. The van der Waals surface area contributed by atoms with Crippen LogP contribution in [-0.4, -0.2) is 27.6 Å². The number of anilines is 1. The van der Waals surface area contributed by atoms with Crippen LogP contribution >= 0.6 is 0 Å². The van der Waals surface area contributed by atoms with Gasteiger partial charge < -0.3 is 10.4 Å². The van der Waals surface area contributed by atoms with Crippen LogP contribution in [-0.2, 0) is 4.79 Å². The SMILES string of the molecule is CC(C)CC(CNc1ncccn1)C(=O)O. The number of nitrogens with zero attached hydrogens (tertiary/aromatic N) is 2. The first-order valence-electron chi connectivity index (χ1n) is 5.33. The Kier molecular flexibility index (Phi) is 4.69. The molecule has 5 nitrogen and oxygen atoms in total. The van der Waals surface area contributed by atoms with E-state index in [-0.39, 0.29) is 0 Å². The number of aromatic nitrogens is 2. The zero-order valence-electron chi connectivity index (χ0n) is 9.55. The number of aliphatic carboxylic acids is 1. The van der Waals surface area contributed by atoms with Crippen molar-refractivity contribution in [1.82, 2.24) is 9.97 Å². The van der Waals surface area contributed by atoms with Crippen molar-refractivity contribution in [1.29, 1.82) is 0 Å². The van der Waals surface area contributed by atoms with Crippen LogP contribution < -0.4 is 5.32 Å². The van der Waals surface area contributed by atoms with Crippen LogP contribution in [0.2, 0.25) is 0 Å². The van der Waals surface area contributed by atoms with Gasteiger partial charge in [-0.1, -0.05) is 13.8 Å². The van der Waals surface area contributed by atoms with Crippen LogP contribution in [0.1, 0.15) is 20.3 Å². The fraction of sp³-hybridized carbons (Fsp3) is 0.545. The first kappa shape index (κ1) is 12.4. The second kappa shape index (κ2) is 6.05. The minimum Gasteiger partial charge on any atom is -0.481 e. The Morgan fingerprint density at radius 3 is 2.56 bits per heavy atom. The molecule has 0 bridgehead atoms. The average Bonchev–Trinajstić information content (AvgIpc) is 2.25. The van der Waals surface area contributed by atoms with Crippen molar-refractivity contribution in [2.75, 3.05) is 11.9 Å². The Hall–Kier alpha value is -1.65. The highest BCUT2D eigenvalue weighted by atomic mass is 16.4. The Balaban J connectivity index is 2.47. The van der Waals surface area contributed by atoms with Gasteiger partial charge in [0.15, 0.2) is 0 Å². The lowest BCUT2D eigenvalue weighted by atomic mass is 9.97. The number of hydrogen-bond donors (Lipinski definition) is 2. The molecule has 1 heterocycles. The summed E-state index contributed by atoms with van der Waals surface area (Å²) in [7, 11) is 0. The fourth-order valence-electron chi connectivity index (χ4n) is 1.45. The lowest BCUT2D eigenvalue weighted by Crippen LogP contribution is -2.25. The molecule has 0 aliphatic rings. The molecule has 1 atom stereocenters. The van der Waals surface area contributed by atoms with E-state index in [2.05, 4.69) is 15.3 Å². The van der Waals surface area contributed by atoms with Crippen molar-refractivity contribution in [3.05, 3.63) is 18.5 Å². The lowest BCUT2D eigenvalue weighted by molar-refractivity contribution is -0.141. The molecule has 0 saturated heterocycles. The summed E-state index contributed by atoms with van der Waals surface area (Å²) in [5.74, 6) is -0.349. The molecule has 0 aliphatic heterocycles. The Morgan fingerprint density at radius 2 is 2.06 bits per heavy atom. The van der Waals surface area contributed by atoms with Crippen molar-refractivity contribution >= 4 is 11.9 Å². The van der Waals surface area contributed by atoms with Crippen LogP contribution in [0.3, 0.4) is 0 Å². The molecule has 88 valence electrons.